The lowest BCUT2D eigenvalue weighted by molar-refractivity contribution is -0.139. The minimum Gasteiger partial charge on any atom is -0.497 e. The molecule has 0 aliphatic carbocycles. The second-order valence-electron chi connectivity index (χ2n) is 10.9. The number of rotatable bonds is 13. The summed E-state index contributed by atoms with van der Waals surface area (Å²) in [5.74, 6) is 1.30. The van der Waals surface area contributed by atoms with Crippen LogP contribution in [0.4, 0.5) is 11.4 Å². The fourth-order valence-corrected chi connectivity index (χ4v) is 9.08. The lowest BCUT2D eigenvalue weighted by Gasteiger charge is -2.51. The zero-order chi connectivity index (χ0) is 31.0. The van der Waals surface area contributed by atoms with Crippen LogP contribution in [0.2, 0.25) is 0 Å². The van der Waals surface area contributed by atoms with E-state index in [2.05, 4.69) is 36.9 Å². The van der Waals surface area contributed by atoms with Gasteiger partial charge in [-0.3, -0.25) is 13.9 Å². The van der Waals surface area contributed by atoms with E-state index < -0.39 is 16.3 Å². The highest BCUT2D eigenvalue weighted by molar-refractivity contribution is 8.22. The molecule has 234 valence electrons. The van der Waals surface area contributed by atoms with Crippen molar-refractivity contribution in [3.8, 4) is 5.75 Å². The van der Waals surface area contributed by atoms with Gasteiger partial charge in [-0.25, -0.2) is 0 Å². The smallest absolute Gasteiger partial charge is 0.315 e. The number of unbranched alkanes of at least 4 members (excludes halogenated alkanes) is 1. The maximum Gasteiger partial charge on any atom is 0.315 e. The molecule has 3 aromatic carbocycles. The normalized spacial score (nSPS) is 18.9. The molecule has 0 amide bonds. The molecule has 1 unspecified atom stereocenters. The van der Waals surface area contributed by atoms with Gasteiger partial charge < -0.3 is 14.4 Å². The topological polar surface area (TPSA) is 82.5 Å². The highest BCUT2D eigenvalue weighted by Gasteiger charge is 2.46. The number of nitrogens with zero attached hydrogens (tertiary/aromatic N) is 2. The van der Waals surface area contributed by atoms with E-state index >= 15 is 0 Å². The monoisotopic (exact) mass is 644 g/mol. The first kappa shape index (κ1) is 33.6. The molecule has 0 radical (unpaired) electrons. The second kappa shape index (κ2) is 15.1. The quantitative estimate of drug-likeness (QED) is 0.140. The summed E-state index contributed by atoms with van der Waals surface area (Å²) in [7, 11) is -1.82. The summed E-state index contributed by atoms with van der Waals surface area (Å²) in [6, 6.07) is 22.1. The Labute approximate surface area is 266 Å². The summed E-state index contributed by atoms with van der Waals surface area (Å²) >= 11 is 3.10. The summed E-state index contributed by atoms with van der Waals surface area (Å²) in [6.07, 6.45) is 4.78. The molecule has 0 fully saturated rings. The maximum atomic E-state index is 12.4. The van der Waals surface area contributed by atoms with Gasteiger partial charge >= 0.3 is 5.97 Å². The predicted octanol–water partition coefficient (Wildman–Crippen LogP) is 8.84. The molecule has 2 N–H and O–H groups in total. The summed E-state index contributed by atoms with van der Waals surface area (Å²) in [5.41, 5.74) is 3.18. The Kier molecular flexibility index (Phi) is 11.8. The van der Waals surface area contributed by atoms with Crippen molar-refractivity contribution in [3.05, 3.63) is 77.9 Å². The van der Waals surface area contributed by atoms with Gasteiger partial charge in [0.2, 0.25) is 0 Å². The molecular formula is C33H44N2O5S3. The first-order chi connectivity index (χ1) is 20.7. The van der Waals surface area contributed by atoms with E-state index in [1.165, 1.54) is 11.8 Å². The molecule has 1 atom stereocenters. The van der Waals surface area contributed by atoms with E-state index in [1.807, 2.05) is 59.1 Å². The number of ether oxygens (including phenoxy) is 2. The van der Waals surface area contributed by atoms with Crippen LogP contribution >= 0.6 is 34.3 Å². The summed E-state index contributed by atoms with van der Waals surface area (Å²) in [6.45, 7) is 7.43. The lowest BCUT2D eigenvalue weighted by atomic mass is 9.92. The minimum atomic E-state index is -3.46. The average molecular weight is 645 g/mol. The highest BCUT2D eigenvalue weighted by atomic mass is 32.3. The highest BCUT2D eigenvalue weighted by Crippen LogP contribution is 2.63. The van der Waals surface area contributed by atoms with Crippen LogP contribution in [0.15, 0.2) is 76.5 Å². The van der Waals surface area contributed by atoms with Gasteiger partial charge in [0.15, 0.2) is 0 Å². The first-order valence-corrected chi connectivity index (χ1v) is 18.5. The number of anilines is 2. The Bertz CT molecular complexity index is 1360. The first-order valence-electron chi connectivity index (χ1n) is 14.6. The summed E-state index contributed by atoms with van der Waals surface area (Å²) in [5, 5.41) is 0. The number of esters is 1. The third-order valence-electron chi connectivity index (χ3n) is 7.76. The lowest BCUT2D eigenvalue weighted by Crippen LogP contribution is -2.51. The van der Waals surface area contributed by atoms with E-state index in [9.17, 15) is 13.9 Å². The number of carbonyl (C=O) groups is 1. The van der Waals surface area contributed by atoms with Crippen molar-refractivity contribution >= 4 is 51.6 Å². The number of hydrogen-bond donors (Lipinski definition) is 2. The van der Waals surface area contributed by atoms with Crippen LogP contribution in [0.1, 0.15) is 51.2 Å². The molecular weight excluding hydrogens is 601 g/mol. The van der Waals surface area contributed by atoms with Crippen LogP contribution in [0.5, 0.6) is 5.75 Å². The number of hydrogen-bond acceptors (Lipinski definition) is 9. The number of thioether (sulfide) groups is 2. The molecule has 0 spiro atoms. The van der Waals surface area contributed by atoms with Crippen LogP contribution in [0.3, 0.4) is 0 Å². The molecule has 0 saturated carbocycles. The van der Waals surface area contributed by atoms with Gasteiger partial charge in [0.05, 0.1) is 35.6 Å². The Morgan fingerprint density at radius 2 is 1.79 bits per heavy atom. The SMILES string of the molecule is CCCCC1(C)CN(c2ccccc2)c2cc(SC)c(CSCC(=O)OCC)cc2S(O)(O)N1Cc1ccc(OC)cc1. The molecule has 1 aliphatic heterocycles. The van der Waals surface area contributed by atoms with E-state index in [0.717, 1.165) is 52.4 Å². The molecule has 1 heterocycles. The van der Waals surface area contributed by atoms with Crippen molar-refractivity contribution in [2.45, 2.75) is 67.7 Å². The third-order valence-corrected chi connectivity index (χ3v) is 11.6. The Morgan fingerprint density at radius 1 is 1.07 bits per heavy atom. The molecule has 10 heteroatoms. The zero-order valence-corrected chi connectivity index (χ0v) is 28.2. The van der Waals surface area contributed by atoms with Crippen LogP contribution in [0.25, 0.3) is 0 Å². The predicted molar refractivity (Wildman–Crippen MR) is 182 cm³/mol. The third kappa shape index (κ3) is 7.85. The van der Waals surface area contributed by atoms with E-state index in [1.54, 1.807) is 25.8 Å². The number of carbonyl (C=O) groups excluding carboxylic acids is 1. The minimum absolute atomic E-state index is 0.240. The van der Waals surface area contributed by atoms with Gasteiger partial charge in [0, 0.05) is 29.4 Å². The number of para-hydroxylation sites is 1. The van der Waals surface area contributed by atoms with Crippen LogP contribution in [-0.2, 0) is 21.8 Å². The summed E-state index contributed by atoms with van der Waals surface area (Å²) in [4.78, 5) is 15.8. The van der Waals surface area contributed by atoms with Gasteiger partial charge in [-0.1, -0.05) is 50.1 Å². The van der Waals surface area contributed by atoms with E-state index in [0.29, 0.717) is 30.3 Å². The van der Waals surface area contributed by atoms with Crippen molar-refractivity contribution in [2.24, 2.45) is 0 Å². The van der Waals surface area contributed by atoms with Crippen molar-refractivity contribution < 1.29 is 23.4 Å². The Balaban J connectivity index is 1.87. The van der Waals surface area contributed by atoms with Gasteiger partial charge in [0.25, 0.3) is 0 Å². The standard InChI is InChI=1S/C33H44N2O5S3/c1-6-8-18-33(3)24-34(27-12-10-9-11-13-27)29-20-30(41-5)26(22-42-23-32(36)40-7-2)19-31(29)43(37,38)35(33)21-25-14-16-28(39-4)17-15-25/h9-17,19-20,37-38H,6-8,18,21-24H2,1-5H3. The zero-order valence-electron chi connectivity index (χ0n) is 25.7. The van der Waals surface area contributed by atoms with Gasteiger partial charge in [-0.05, 0) is 74.0 Å². The number of methoxy groups -OCH3 is 1. The van der Waals surface area contributed by atoms with Crippen molar-refractivity contribution in [2.75, 3.05) is 37.2 Å². The van der Waals surface area contributed by atoms with Gasteiger partial charge in [-0.2, -0.15) is 4.31 Å². The molecule has 1 aliphatic rings. The molecule has 4 rings (SSSR count). The molecule has 0 bridgehead atoms. The van der Waals surface area contributed by atoms with E-state index in [4.69, 9.17) is 9.47 Å². The molecule has 0 saturated heterocycles. The Morgan fingerprint density at radius 3 is 2.42 bits per heavy atom. The largest absolute Gasteiger partial charge is 0.497 e. The molecule has 7 nitrogen and oxygen atoms in total. The fourth-order valence-electron chi connectivity index (χ4n) is 5.48. The van der Waals surface area contributed by atoms with Crippen LogP contribution in [0, 0.1) is 0 Å². The Hall–Kier alpha value is -2.34. The van der Waals surface area contributed by atoms with Gasteiger partial charge in [0.1, 0.15) is 5.75 Å². The number of fused-ring (bicyclic) bond motifs is 1. The average Bonchev–Trinajstić information content (AvgIpc) is 3.08. The number of benzene rings is 3. The molecule has 3 aromatic rings. The van der Waals surface area contributed by atoms with Gasteiger partial charge in [-0.15, -0.1) is 34.3 Å². The van der Waals surface area contributed by atoms with Crippen molar-refractivity contribution in [3.63, 3.8) is 0 Å². The maximum absolute atomic E-state index is 12.4. The van der Waals surface area contributed by atoms with Crippen molar-refractivity contribution in [1.82, 2.24) is 4.31 Å². The molecule has 0 aromatic heterocycles. The second-order valence-corrected chi connectivity index (χ2v) is 14.6. The van der Waals surface area contributed by atoms with Crippen LogP contribution in [-0.4, -0.2) is 57.2 Å². The van der Waals surface area contributed by atoms with Crippen LogP contribution < -0.4 is 9.64 Å². The van der Waals surface area contributed by atoms with Crippen molar-refractivity contribution in [1.29, 1.82) is 0 Å². The molecule has 43 heavy (non-hydrogen) atoms. The van der Waals surface area contributed by atoms with E-state index in [-0.39, 0.29) is 11.7 Å². The fraction of sp³-hybridized carbons (Fsp3) is 0.424. The summed E-state index contributed by atoms with van der Waals surface area (Å²) < 4.78 is 37.3.